The molecule has 2 aromatic rings. The van der Waals surface area contributed by atoms with Crippen LogP contribution in [0.5, 0.6) is 5.75 Å². The Bertz CT molecular complexity index is 903. The second kappa shape index (κ2) is 8.18. The average molecular weight is 405 g/mol. The third-order valence-electron chi connectivity index (χ3n) is 4.82. The third kappa shape index (κ3) is 3.89. The lowest BCUT2D eigenvalue weighted by molar-refractivity contribution is -0.125. The van der Waals surface area contributed by atoms with E-state index in [0.717, 1.165) is 0 Å². The molecule has 27 heavy (non-hydrogen) atoms. The van der Waals surface area contributed by atoms with Gasteiger partial charge in [0, 0.05) is 23.3 Å². The van der Waals surface area contributed by atoms with Gasteiger partial charge < -0.3 is 14.8 Å². The molecule has 1 aliphatic rings. The van der Waals surface area contributed by atoms with Gasteiger partial charge in [-0.05, 0) is 48.7 Å². The van der Waals surface area contributed by atoms with Crippen LogP contribution in [0.15, 0.2) is 36.4 Å². The number of ether oxygens (including phenoxy) is 2. The molecule has 2 aromatic carbocycles. The van der Waals surface area contributed by atoms with Gasteiger partial charge in [0.25, 0.3) is 0 Å². The Hall–Kier alpha value is -2.26. The number of hydrogen-bond donors (Lipinski definition) is 1. The average Bonchev–Trinajstić information content (AvgIpc) is 2.68. The monoisotopic (exact) mass is 404 g/mol. The fourth-order valence-electron chi connectivity index (χ4n) is 3.31. The van der Waals surface area contributed by atoms with Crippen molar-refractivity contribution in [3.63, 3.8) is 0 Å². The predicted molar refractivity (Wildman–Crippen MR) is 105 cm³/mol. The summed E-state index contributed by atoms with van der Waals surface area (Å²) < 4.78 is 10.6. The van der Waals surface area contributed by atoms with Crippen LogP contribution in [-0.2, 0) is 14.9 Å². The van der Waals surface area contributed by atoms with Crippen LogP contribution in [0.2, 0.25) is 10.0 Å². The summed E-state index contributed by atoms with van der Waals surface area (Å²) in [7, 11) is 1.52. The highest BCUT2D eigenvalue weighted by Gasteiger charge is 2.43. The lowest BCUT2D eigenvalue weighted by Gasteiger charge is -2.37. The van der Waals surface area contributed by atoms with Crippen molar-refractivity contribution in [2.45, 2.75) is 18.3 Å². The summed E-state index contributed by atoms with van der Waals surface area (Å²) in [4.78, 5) is 13.4. The van der Waals surface area contributed by atoms with Gasteiger partial charge in [-0.3, -0.25) is 4.79 Å². The number of carbonyl (C=O) groups is 1. The van der Waals surface area contributed by atoms with Gasteiger partial charge >= 0.3 is 0 Å². The maximum Gasteiger partial charge on any atom is 0.235 e. The first-order valence-corrected chi connectivity index (χ1v) is 9.18. The van der Waals surface area contributed by atoms with Gasteiger partial charge in [-0.2, -0.15) is 5.26 Å². The molecule has 1 fully saturated rings. The van der Waals surface area contributed by atoms with E-state index < -0.39 is 5.41 Å². The molecule has 0 radical (unpaired) electrons. The van der Waals surface area contributed by atoms with Crippen molar-refractivity contribution in [2.75, 3.05) is 25.6 Å². The molecule has 3 rings (SSSR count). The predicted octanol–water partition coefficient (Wildman–Crippen LogP) is 4.56. The van der Waals surface area contributed by atoms with Crippen molar-refractivity contribution in [3.8, 4) is 11.8 Å². The molecule has 1 saturated heterocycles. The first kappa shape index (κ1) is 19.5. The van der Waals surface area contributed by atoms with E-state index in [0.29, 0.717) is 58.7 Å². The maximum atomic E-state index is 13.4. The Labute approximate surface area is 167 Å². The minimum absolute atomic E-state index is 0.225. The highest BCUT2D eigenvalue weighted by atomic mass is 35.5. The van der Waals surface area contributed by atoms with E-state index in [1.807, 2.05) is 0 Å². The molecule has 0 spiro atoms. The second-order valence-electron chi connectivity index (χ2n) is 6.30. The fraction of sp³-hybridized carbons (Fsp3) is 0.300. The second-order valence-corrected chi connectivity index (χ2v) is 7.14. The van der Waals surface area contributed by atoms with Crippen LogP contribution in [-0.4, -0.2) is 26.2 Å². The summed E-state index contributed by atoms with van der Waals surface area (Å²) in [6.07, 6.45) is 0.969. The van der Waals surface area contributed by atoms with E-state index in [2.05, 4.69) is 11.4 Å². The maximum absolute atomic E-state index is 13.4. The van der Waals surface area contributed by atoms with Crippen molar-refractivity contribution in [2.24, 2.45) is 0 Å². The highest BCUT2D eigenvalue weighted by molar-refractivity contribution is 6.35. The molecule has 0 unspecified atom stereocenters. The molecule has 1 amide bonds. The number of rotatable bonds is 4. The van der Waals surface area contributed by atoms with E-state index in [-0.39, 0.29) is 5.91 Å². The number of halogens is 2. The van der Waals surface area contributed by atoms with Crippen LogP contribution < -0.4 is 10.1 Å². The largest absolute Gasteiger partial charge is 0.497 e. The number of benzene rings is 2. The van der Waals surface area contributed by atoms with Crippen LogP contribution in [0.4, 0.5) is 5.69 Å². The number of nitriles is 1. The molecule has 0 aromatic heterocycles. The summed E-state index contributed by atoms with van der Waals surface area (Å²) >= 11 is 12.4. The van der Waals surface area contributed by atoms with E-state index in [1.165, 1.54) is 7.11 Å². The van der Waals surface area contributed by atoms with Crippen LogP contribution in [0.1, 0.15) is 24.0 Å². The number of carbonyl (C=O) groups excluding carboxylic acids is 1. The van der Waals surface area contributed by atoms with Crippen LogP contribution in [0.25, 0.3) is 0 Å². The Morgan fingerprint density at radius 2 is 1.96 bits per heavy atom. The normalized spacial score (nSPS) is 15.6. The van der Waals surface area contributed by atoms with Gasteiger partial charge in [0.15, 0.2) is 0 Å². The minimum Gasteiger partial charge on any atom is -0.497 e. The highest BCUT2D eigenvalue weighted by Crippen LogP contribution is 2.41. The molecule has 1 aliphatic heterocycles. The van der Waals surface area contributed by atoms with Crippen LogP contribution >= 0.6 is 23.2 Å². The Morgan fingerprint density at radius 3 is 2.59 bits per heavy atom. The summed E-state index contributed by atoms with van der Waals surface area (Å²) in [5.41, 5.74) is 0.611. The molecule has 1 heterocycles. The quantitative estimate of drug-likeness (QED) is 0.810. The first-order chi connectivity index (χ1) is 13.0. The molecule has 5 nitrogen and oxygen atoms in total. The number of amides is 1. The zero-order valence-electron chi connectivity index (χ0n) is 14.7. The molecule has 0 saturated carbocycles. The van der Waals surface area contributed by atoms with Crippen LogP contribution in [0, 0.1) is 11.3 Å². The topological polar surface area (TPSA) is 71.3 Å². The SMILES string of the molecule is COc1ccc(NC(=O)C2(c3ccc(Cl)cc3Cl)CCOCC2)c(C#N)c1. The molecule has 0 atom stereocenters. The number of nitrogens with one attached hydrogen (secondary N) is 1. The van der Waals surface area contributed by atoms with Gasteiger partial charge in [0.05, 0.1) is 23.8 Å². The molecular formula is C20H18Cl2N2O3. The number of nitrogens with zero attached hydrogens (tertiary/aromatic N) is 1. The first-order valence-electron chi connectivity index (χ1n) is 8.43. The van der Waals surface area contributed by atoms with Gasteiger partial charge in [-0.25, -0.2) is 0 Å². The zero-order chi connectivity index (χ0) is 19.4. The molecular weight excluding hydrogens is 387 g/mol. The van der Waals surface area contributed by atoms with Crippen molar-refractivity contribution in [1.29, 1.82) is 5.26 Å². The smallest absolute Gasteiger partial charge is 0.235 e. The lowest BCUT2D eigenvalue weighted by Crippen LogP contribution is -2.45. The fourth-order valence-corrected chi connectivity index (χ4v) is 3.90. The van der Waals surface area contributed by atoms with E-state index in [1.54, 1.807) is 36.4 Å². The number of hydrogen-bond acceptors (Lipinski definition) is 4. The van der Waals surface area contributed by atoms with E-state index in [4.69, 9.17) is 32.7 Å². The Balaban J connectivity index is 1.99. The van der Waals surface area contributed by atoms with E-state index in [9.17, 15) is 10.1 Å². The minimum atomic E-state index is -0.855. The Morgan fingerprint density at radius 1 is 1.22 bits per heavy atom. The standard InChI is InChI=1S/C20H18Cl2N2O3/c1-26-15-3-5-18(13(10-15)12-23)24-19(25)20(6-8-27-9-7-20)16-4-2-14(21)11-17(16)22/h2-5,10-11H,6-9H2,1H3,(H,24,25). The summed E-state index contributed by atoms with van der Waals surface area (Å²) in [6.45, 7) is 0.889. The molecule has 1 N–H and O–H groups in total. The van der Waals surface area contributed by atoms with Crippen molar-refractivity contribution >= 4 is 34.8 Å². The zero-order valence-corrected chi connectivity index (χ0v) is 16.2. The van der Waals surface area contributed by atoms with Crippen molar-refractivity contribution in [1.82, 2.24) is 0 Å². The number of methoxy groups -OCH3 is 1. The number of anilines is 1. The van der Waals surface area contributed by atoms with E-state index >= 15 is 0 Å². The molecule has 0 aliphatic carbocycles. The summed E-state index contributed by atoms with van der Waals surface area (Å²) in [6, 6.07) is 12.2. The molecule has 0 bridgehead atoms. The van der Waals surface area contributed by atoms with Crippen molar-refractivity contribution < 1.29 is 14.3 Å². The van der Waals surface area contributed by atoms with Gasteiger partial charge in [-0.15, -0.1) is 0 Å². The third-order valence-corrected chi connectivity index (χ3v) is 5.37. The van der Waals surface area contributed by atoms with Gasteiger partial charge in [-0.1, -0.05) is 29.3 Å². The van der Waals surface area contributed by atoms with Crippen LogP contribution in [0.3, 0.4) is 0 Å². The van der Waals surface area contributed by atoms with Crippen molar-refractivity contribution in [3.05, 3.63) is 57.6 Å². The molecule has 140 valence electrons. The lowest BCUT2D eigenvalue weighted by atomic mass is 9.73. The summed E-state index contributed by atoms with van der Waals surface area (Å²) in [5, 5.41) is 13.3. The molecule has 7 heteroatoms. The van der Waals surface area contributed by atoms with Gasteiger partial charge in [0.1, 0.15) is 11.8 Å². The Kier molecular flexibility index (Phi) is 5.91. The van der Waals surface area contributed by atoms with Gasteiger partial charge in [0.2, 0.25) is 5.91 Å². The summed E-state index contributed by atoms with van der Waals surface area (Å²) in [5.74, 6) is 0.322.